The Hall–Kier alpha value is -3.72. The minimum atomic E-state index is -0.308. The zero-order valence-corrected chi connectivity index (χ0v) is 18.2. The summed E-state index contributed by atoms with van der Waals surface area (Å²) in [7, 11) is 0. The fourth-order valence-electron chi connectivity index (χ4n) is 5.01. The molecular formula is C24H23N5O4. The van der Waals surface area contributed by atoms with Gasteiger partial charge in [-0.15, -0.1) is 10.2 Å². The molecule has 1 saturated heterocycles. The SMILES string of the molecule is Cc1cc2[nH]c(=O)c3nnc(C4CCOCC4)n3c2cc1C(=O)N1Cc2cccc(O)c2C1. The van der Waals surface area contributed by atoms with Crippen LogP contribution in [0.3, 0.4) is 0 Å². The fourth-order valence-corrected chi connectivity index (χ4v) is 5.01. The average Bonchev–Trinajstić information content (AvgIpc) is 3.45. The van der Waals surface area contributed by atoms with Crippen molar-refractivity contribution in [2.45, 2.75) is 38.8 Å². The van der Waals surface area contributed by atoms with Gasteiger partial charge in [0.25, 0.3) is 11.5 Å². The standard InChI is InChI=1S/C24H23N5O4/c1-13-9-18-19(10-16(13)24(32)28-11-15-3-2-4-20(30)17(15)12-28)29-21(14-5-7-33-8-6-14)26-27-22(29)23(31)25-18/h2-4,9-10,14,30H,5-8,11-12H2,1H3,(H,25,31). The fraction of sp³-hybridized carbons (Fsp3) is 0.333. The summed E-state index contributed by atoms with van der Waals surface area (Å²) in [5.41, 5.74) is 4.31. The number of carbonyl (C=O) groups is 1. The Bertz CT molecular complexity index is 1480. The van der Waals surface area contributed by atoms with Gasteiger partial charge in [0.1, 0.15) is 11.6 Å². The predicted octanol–water partition coefficient (Wildman–Crippen LogP) is 2.63. The Morgan fingerprint density at radius 1 is 1.18 bits per heavy atom. The van der Waals surface area contributed by atoms with E-state index in [1.165, 1.54) is 0 Å². The number of aromatic amines is 1. The summed E-state index contributed by atoms with van der Waals surface area (Å²) in [5.74, 6) is 0.952. The average molecular weight is 445 g/mol. The van der Waals surface area contributed by atoms with Crippen molar-refractivity contribution >= 4 is 22.6 Å². The molecule has 2 aliphatic rings. The summed E-state index contributed by atoms with van der Waals surface area (Å²) < 4.78 is 7.28. The first-order chi connectivity index (χ1) is 16.0. The monoisotopic (exact) mass is 445 g/mol. The number of ether oxygens (including phenoxy) is 1. The lowest BCUT2D eigenvalue weighted by Crippen LogP contribution is -2.26. The van der Waals surface area contributed by atoms with Gasteiger partial charge in [-0.3, -0.25) is 14.0 Å². The van der Waals surface area contributed by atoms with Gasteiger partial charge in [-0.1, -0.05) is 12.1 Å². The zero-order chi connectivity index (χ0) is 22.7. The van der Waals surface area contributed by atoms with E-state index in [1.54, 1.807) is 21.4 Å². The maximum absolute atomic E-state index is 13.5. The molecule has 168 valence electrons. The highest BCUT2D eigenvalue weighted by molar-refractivity contribution is 5.99. The van der Waals surface area contributed by atoms with Crippen molar-refractivity contribution in [1.29, 1.82) is 0 Å². The maximum Gasteiger partial charge on any atom is 0.294 e. The van der Waals surface area contributed by atoms with Crippen molar-refractivity contribution in [2.24, 2.45) is 0 Å². The summed E-state index contributed by atoms with van der Waals surface area (Å²) in [6.07, 6.45) is 1.62. The van der Waals surface area contributed by atoms with Crippen LogP contribution in [0.25, 0.3) is 16.7 Å². The lowest BCUT2D eigenvalue weighted by Gasteiger charge is -2.21. The van der Waals surface area contributed by atoms with Crippen molar-refractivity contribution in [3.63, 3.8) is 0 Å². The molecule has 9 heteroatoms. The van der Waals surface area contributed by atoms with Crippen LogP contribution >= 0.6 is 0 Å². The molecule has 0 spiro atoms. The normalized spacial score (nSPS) is 16.6. The van der Waals surface area contributed by atoms with E-state index in [9.17, 15) is 14.7 Å². The van der Waals surface area contributed by atoms with Crippen LogP contribution in [-0.4, -0.2) is 48.7 Å². The second kappa shape index (κ2) is 7.41. The van der Waals surface area contributed by atoms with E-state index in [0.29, 0.717) is 42.9 Å². The minimum absolute atomic E-state index is 0.120. The second-order valence-electron chi connectivity index (χ2n) is 8.82. The van der Waals surface area contributed by atoms with Crippen LogP contribution in [0, 0.1) is 6.92 Å². The topological polar surface area (TPSA) is 113 Å². The number of amides is 1. The summed E-state index contributed by atoms with van der Waals surface area (Å²) in [5, 5.41) is 18.7. The molecule has 0 aliphatic carbocycles. The number of hydrogen-bond acceptors (Lipinski definition) is 6. The predicted molar refractivity (Wildman–Crippen MR) is 120 cm³/mol. The molecule has 2 aromatic carbocycles. The third kappa shape index (κ3) is 3.11. The molecule has 0 saturated carbocycles. The molecule has 1 fully saturated rings. The van der Waals surface area contributed by atoms with Crippen molar-refractivity contribution < 1.29 is 14.6 Å². The Morgan fingerprint density at radius 3 is 2.79 bits per heavy atom. The molecule has 0 radical (unpaired) electrons. The molecule has 4 heterocycles. The smallest absolute Gasteiger partial charge is 0.294 e. The van der Waals surface area contributed by atoms with Crippen molar-refractivity contribution in [3.05, 3.63) is 68.8 Å². The minimum Gasteiger partial charge on any atom is -0.508 e. The number of carbonyl (C=O) groups excluding carboxylic acids is 1. The van der Waals surface area contributed by atoms with Crippen LogP contribution in [0.15, 0.2) is 35.1 Å². The first-order valence-corrected chi connectivity index (χ1v) is 11.1. The Labute approximate surface area is 188 Å². The molecule has 33 heavy (non-hydrogen) atoms. The van der Waals surface area contributed by atoms with Gasteiger partial charge >= 0.3 is 0 Å². The van der Waals surface area contributed by atoms with E-state index in [1.807, 2.05) is 25.1 Å². The van der Waals surface area contributed by atoms with Gasteiger partial charge in [0.2, 0.25) is 5.65 Å². The Kier molecular flexibility index (Phi) is 4.48. The number of rotatable bonds is 2. The summed E-state index contributed by atoms with van der Waals surface area (Å²) in [4.78, 5) is 30.8. The molecular weight excluding hydrogens is 422 g/mol. The number of aromatic hydroxyl groups is 1. The number of nitrogens with one attached hydrogen (secondary N) is 1. The van der Waals surface area contributed by atoms with E-state index in [0.717, 1.165) is 35.4 Å². The molecule has 4 aromatic rings. The quantitative estimate of drug-likeness (QED) is 0.491. The van der Waals surface area contributed by atoms with E-state index < -0.39 is 0 Å². The van der Waals surface area contributed by atoms with Gasteiger partial charge < -0.3 is 19.7 Å². The van der Waals surface area contributed by atoms with Gasteiger partial charge in [0, 0.05) is 36.8 Å². The number of aryl methyl sites for hydroxylation is 1. The Balaban J connectivity index is 1.48. The van der Waals surface area contributed by atoms with Crippen molar-refractivity contribution in [3.8, 4) is 5.75 Å². The van der Waals surface area contributed by atoms with E-state index in [2.05, 4.69) is 15.2 Å². The van der Waals surface area contributed by atoms with Gasteiger partial charge in [-0.05, 0) is 49.1 Å². The second-order valence-corrected chi connectivity index (χ2v) is 8.82. The number of phenols is 1. The number of hydrogen-bond donors (Lipinski definition) is 2. The Morgan fingerprint density at radius 2 is 2.00 bits per heavy atom. The van der Waals surface area contributed by atoms with Gasteiger partial charge in [-0.2, -0.15) is 0 Å². The van der Waals surface area contributed by atoms with Crippen LogP contribution in [-0.2, 0) is 17.8 Å². The highest BCUT2D eigenvalue weighted by atomic mass is 16.5. The molecule has 2 aliphatic heterocycles. The maximum atomic E-state index is 13.5. The number of fused-ring (bicyclic) bond motifs is 4. The lowest BCUT2D eigenvalue weighted by molar-refractivity contribution is 0.0750. The third-order valence-electron chi connectivity index (χ3n) is 6.79. The lowest BCUT2D eigenvalue weighted by atomic mass is 9.99. The number of phenolic OH excluding ortho intramolecular Hbond substituents is 1. The molecule has 0 unspecified atom stereocenters. The highest BCUT2D eigenvalue weighted by Crippen LogP contribution is 2.32. The third-order valence-corrected chi connectivity index (χ3v) is 6.79. The van der Waals surface area contributed by atoms with E-state index >= 15 is 0 Å². The molecule has 1 amide bonds. The molecule has 9 nitrogen and oxygen atoms in total. The zero-order valence-electron chi connectivity index (χ0n) is 18.2. The summed E-state index contributed by atoms with van der Waals surface area (Å²) in [6, 6.07) is 9.02. The molecule has 2 aromatic heterocycles. The molecule has 6 rings (SSSR count). The van der Waals surface area contributed by atoms with Gasteiger partial charge in [0.05, 0.1) is 17.6 Å². The van der Waals surface area contributed by atoms with Crippen molar-refractivity contribution in [2.75, 3.05) is 13.2 Å². The van der Waals surface area contributed by atoms with Crippen LogP contribution in [0.4, 0.5) is 0 Å². The number of benzene rings is 2. The number of H-pyrrole nitrogens is 1. The summed E-state index contributed by atoms with van der Waals surface area (Å²) in [6.45, 7) is 3.96. The highest BCUT2D eigenvalue weighted by Gasteiger charge is 2.28. The largest absolute Gasteiger partial charge is 0.508 e. The van der Waals surface area contributed by atoms with E-state index in [-0.39, 0.29) is 28.8 Å². The van der Waals surface area contributed by atoms with Crippen molar-refractivity contribution in [1.82, 2.24) is 24.5 Å². The van der Waals surface area contributed by atoms with Crippen LogP contribution in [0.2, 0.25) is 0 Å². The van der Waals surface area contributed by atoms with E-state index in [4.69, 9.17) is 4.74 Å². The molecule has 0 atom stereocenters. The van der Waals surface area contributed by atoms with Gasteiger partial charge in [-0.25, -0.2) is 0 Å². The summed E-state index contributed by atoms with van der Waals surface area (Å²) >= 11 is 0. The first-order valence-electron chi connectivity index (χ1n) is 11.1. The molecule has 0 bridgehead atoms. The van der Waals surface area contributed by atoms with Crippen LogP contribution in [0.1, 0.15) is 51.6 Å². The van der Waals surface area contributed by atoms with Crippen LogP contribution in [0.5, 0.6) is 5.75 Å². The van der Waals surface area contributed by atoms with Crippen LogP contribution < -0.4 is 5.56 Å². The van der Waals surface area contributed by atoms with Gasteiger partial charge in [0.15, 0.2) is 0 Å². The number of nitrogens with zero attached hydrogens (tertiary/aromatic N) is 4. The molecule has 2 N–H and O–H groups in total. The first kappa shape index (κ1) is 19.9. The number of aromatic nitrogens is 4.